The first-order valence-corrected chi connectivity index (χ1v) is 28.1. The molecule has 0 radical (unpaired) electrons. The summed E-state index contributed by atoms with van der Waals surface area (Å²) in [5.74, 6) is 3.57. The summed E-state index contributed by atoms with van der Waals surface area (Å²) in [6.07, 6.45) is 4.98. The van der Waals surface area contributed by atoms with Gasteiger partial charge in [-0.15, -0.1) is 0 Å². The Balaban J connectivity index is 4.01. The number of unbranched alkanes of at least 4 members (excludes halogenated alkanes) is 3. The van der Waals surface area contributed by atoms with Crippen molar-refractivity contribution in [1.29, 1.82) is 10.5 Å². The Kier molecular flexibility index (Phi) is 44.5. The van der Waals surface area contributed by atoms with Gasteiger partial charge >= 0.3 is 35.8 Å². The van der Waals surface area contributed by atoms with E-state index in [1.54, 1.807) is 61.3 Å². The summed E-state index contributed by atoms with van der Waals surface area (Å²) in [5.41, 5.74) is -2.92. The zero-order valence-corrected chi connectivity index (χ0v) is 44.8. The molecule has 0 fully saturated rings. The standard InChI is InChI=1S/C46H76N4O16S4/c1-45(37-47,15-9-39(51)63-25-27-65-43(55)12-32-68-30-8-6-5-7-29-67-31-11-41(53)61-23-21-59-19-17-57-3)49-50-46(2,38-48)16-10-40(52)64-26-28-66-44(56)14-34-70-36-35-69-33-13-42(54)62-24-22-60-20-18-58-4/h5-36H2,1-4H3. The first kappa shape index (κ1) is 66.6. The Morgan fingerprint density at radius 2 is 0.657 bits per heavy atom. The van der Waals surface area contributed by atoms with Gasteiger partial charge in [0, 0.05) is 61.6 Å². The van der Waals surface area contributed by atoms with Crippen LogP contribution in [0.4, 0.5) is 0 Å². The SMILES string of the molecule is COCCOCCOC(=O)CCSCCCCCCSCCC(=O)OCCOC(=O)CCC(C)(C#N)N=NC(C)(C#N)CCC(=O)OCCOC(=O)CCSCCSCCC(=O)OCCOCCOC. The number of azo groups is 1. The van der Waals surface area contributed by atoms with Crippen molar-refractivity contribution in [2.24, 2.45) is 10.2 Å². The third-order valence-corrected chi connectivity index (χ3v) is 13.5. The predicted molar refractivity (Wildman–Crippen MR) is 269 cm³/mol. The van der Waals surface area contributed by atoms with Crippen LogP contribution in [0.25, 0.3) is 0 Å². The van der Waals surface area contributed by atoms with Crippen molar-refractivity contribution >= 4 is 82.9 Å². The van der Waals surface area contributed by atoms with Crippen molar-refractivity contribution < 1.29 is 76.1 Å². The zero-order valence-electron chi connectivity index (χ0n) is 41.6. The predicted octanol–water partition coefficient (Wildman–Crippen LogP) is 6.20. The van der Waals surface area contributed by atoms with Gasteiger partial charge in [-0.05, 0) is 51.0 Å². The molecule has 0 aliphatic carbocycles. The van der Waals surface area contributed by atoms with Gasteiger partial charge < -0.3 is 47.4 Å². The maximum absolute atomic E-state index is 12.3. The molecule has 0 bridgehead atoms. The van der Waals surface area contributed by atoms with E-state index < -0.39 is 29.0 Å². The molecule has 0 aromatic heterocycles. The van der Waals surface area contributed by atoms with Crippen molar-refractivity contribution in [3.05, 3.63) is 0 Å². The van der Waals surface area contributed by atoms with Crippen molar-refractivity contribution in [3.8, 4) is 12.1 Å². The third-order valence-electron chi connectivity index (χ3n) is 9.17. The summed E-state index contributed by atoms with van der Waals surface area (Å²) < 4.78 is 51.0. The average molecular weight is 1070 g/mol. The van der Waals surface area contributed by atoms with Gasteiger partial charge in [0.25, 0.3) is 0 Å². The van der Waals surface area contributed by atoms with E-state index in [-0.39, 0.29) is 96.1 Å². The zero-order chi connectivity index (χ0) is 51.8. The van der Waals surface area contributed by atoms with Crippen molar-refractivity contribution in [2.45, 2.75) is 102 Å². The summed E-state index contributed by atoms with van der Waals surface area (Å²) in [6.45, 7) is 5.50. The van der Waals surface area contributed by atoms with Gasteiger partial charge in [-0.2, -0.15) is 67.8 Å². The van der Waals surface area contributed by atoms with Gasteiger partial charge in [0.15, 0.2) is 11.1 Å². The van der Waals surface area contributed by atoms with E-state index in [9.17, 15) is 39.3 Å². The van der Waals surface area contributed by atoms with E-state index in [0.717, 1.165) is 54.4 Å². The fourth-order valence-electron chi connectivity index (χ4n) is 5.05. The molecule has 0 rings (SSSR count). The Bertz CT molecular complexity index is 1560. The Labute approximate surface area is 431 Å². The topological polar surface area (TPSA) is 267 Å². The second-order valence-electron chi connectivity index (χ2n) is 15.4. The summed E-state index contributed by atoms with van der Waals surface area (Å²) in [5, 5.41) is 27.6. The quantitative estimate of drug-likeness (QED) is 0.0284. The lowest BCUT2D eigenvalue weighted by atomic mass is 9.97. The fourth-order valence-corrected chi connectivity index (χ4v) is 8.87. The van der Waals surface area contributed by atoms with Gasteiger partial charge in [-0.3, -0.25) is 28.8 Å². The lowest BCUT2D eigenvalue weighted by molar-refractivity contribution is -0.152. The summed E-state index contributed by atoms with van der Waals surface area (Å²) in [7, 11) is 3.18. The van der Waals surface area contributed by atoms with E-state index in [0.29, 0.717) is 69.7 Å². The number of nitriles is 2. The maximum Gasteiger partial charge on any atom is 0.306 e. The number of nitrogens with zero attached hydrogens (tertiary/aromatic N) is 4. The highest BCUT2D eigenvalue weighted by molar-refractivity contribution is 8.03. The molecule has 0 amide bonds. The normalized spacial score (nSPS) is 12.8. The number of hydrogen-bond acceptors (Lipinski definition) is 24. The highest BCUT2D eigenvalue weighted by atomic mass is 32.2. The number of ether oxygens (including phenoxy) is 10. The molecule has 0 aliphatic heterocycles. The summed E-state index contributed by atoms with van der Waals surface area (Å²) in [6, 6.07) is 3.99. The van der Waals surface area contributed by atoms with Crippen LogP contribution in [0.1, 0.15) is 90.9 Å². The molecule has 2 atom stereocenters. The van der Waals surface area contributed by atoms with Gasteiger partial charge in [0.05, 0.1) is 77.5 Å². The summed E-state index contributed by atoms with van der Waals surface area (Å²) in [4.78, 5) is 72.2. The number of esters is 6. The Morgan fingerprint density at radius 1 is 0.386 bits per heavy atom. The van der Waals surface area contributed by atoms with E-state index in [4.69, 9.17) is 47.4 Å². The second-order valence-corrected chi connectivity index (χ2v) is 20.3. The lowest BCUT2D eigenvalue weighted by Crippen LogP contribution is -2.26. The molecule has 20 nitrogen and oxygen atoms in total. The van der Waals surface area contributed by atoms with Crippen molar-refractivity contribution in [3.63, 3.8) is 0 Å². The van der Waals surface area contributed by atoms with E-state index >= 15 is 0 Å². The highest BCUT2D eigenvalue weighted by Gasteiger charge is 2.30. The molecule has 2 unspecified atom stereocenters. The van der Waals surface area contributed by atoms with Crippen LogP contribution in [0.2, 0.25) is 0 Å². The molecule has 0 aromatic rings. The molecule has 0 aromatic carbocycles. The minimum Gasteiger partial charge on any atom is -0.463 e. The van der Waals surface area contributed by atoms with E-state index in [2.05, 4.69) is 10.2 Å². The van der Waals surface area contributed by atoms with Gasteiger partial charge in [0.1, 0.15) is 39.6 Å². The molecule has 24 heteroatoms. The van der Waals surface area contributed by atoms with Gasteiger partial charge in [-0.25, -0.2) is 0 Å². The molecule has 0 heterocycles. The second kappa shape index (κ2) is 46.7. The highest BCUT2D eigenvalue weighted by Crippen LogP contribution is 2.24. The molecule has 0 saturated heterocycles. The van der Waals surface area contributed by atoms with E-state index in [1.165, 1.54) is 13.8 Å². The number of methoxy groups -OCH3 is 2. The number of hydrogen-bond donors (Lipinski definition) is 0. The average Bonchev–Trinajstić information content (AvgIpc) is 3.35. The molecule has 0 saturated carbocycles. The van der Waals surface area contributed by atoms with Crippen molar-refractivity contribution in [2.75, 3.05) is 140 Å². The van der Waals surface area contributed by atoms with Crippen LogP contribution in [0.3, 0.4) is 0 Å². The van der Waals surface area contributed by atoms with Gasteiger partial charge in [0.2, 0.25) is 0 Å². The molecule has 0 spiro atoms. The van der Waals surface area contributed by atoms with E-state index in [1.807, 2.05) is 12.1 Å². The van der Waals surface area contributed by atoms with Crippen LogP contribution in [0.15, 0.2) is 10.2 Å². The number of carbonyl (C=O) groups excluding carboxylic acids is 6. The molecular formula is C46H76N4O16S4. The minimum atomic E-state index is -1.46. The molecular weight excluding hydrogens is 993 g/mol. The monoisotopic (exact) mass is 1070 g/mol. The third kappa shape index (κ3) is 43.4. The first-order chi connectivity index (χ1) is 33.8. The van der Waals surface area contributed by atoms with Crippen LogP contribution in [0.5, 0.6) is 0 Å². The van der Waals surface area contributed by atoms with Crippen LogP contribution in [-0.4, -0.2) is 186 Å². The summed E-state index contributed by atoms with van der Waals surface area (Å²) >= 11 is 6.64. The molecule has 0 aliphatic rings. The van der Waals surface area contributed by atoms with Crippen molar-refractivity contribution in [1.82, 2.24) is 0 Å². The molecule has 70 heavy (non-hydrogen) atoms. The largest absolute Gasteiger partial charge is 0.463 e. The number of rotatable bonds is 48. The first-order valence-electron chi connectivity index (χ1n) is 23.5. The number of carbonyl (C=O) groups is 6. The smallest absolute Gasteiger partial charge is 0.306 e. The number of thioether (sulfide) groups is 4. The van der Waals surface area contributed by atoms with Crippen LogP contribution >= 0.6 is 47.0 Å². The van der Waals surface area contributed by atoms with Crippen LogP contribution in [-0.2, 0) is 76.1 Å². The Hall–Kier alpha value is -3.36. The van der Waals surface area contributed by atoms with Crippen LogP contribution in [0, 0.1) is 22.7 Å². The van der Waals surface area contributed by atoms with Gasteiger partial charge in [-0.1, -0.05) is 12.8 Å². The maximum atomic E-state index is 12.3. The fraction of sp³-hybridized carbons (Fsp3) is 0.826. The van der Waals surface area contributed by atoms with Crippen LogP contribution < -0.4 is 0 Å². The Morgan fingerprint density at radius 3 is 0.957 bits per heavy atom. The lowest BCUT2D eigenvalue weighted by Gasteiger charge is -2.19. The molecule has 400 valence electrons. The molecule has 0 N–H and O–H groups in total. The minimum absolute atomic E-state index is 0.0547.